The predicted octanol–water partition coefficient (Wildman–Crippen LogP) is 3.82. The molecule has 5 nitrogen and oxygen atoms in total. The molecule has 0 amide bonds. The molecule has 2 aromatic heterocycles. The molecule has 3 aromatic rings. The SMILES string of the molecule is Brc1cccc(COc2ccc(-c3ccnn3C3CO3)nc2)c1. The first-order valence-electron chi connectivity index (χ1n) is 7.28. The third kappa shape index (κ3) is 3.28. The van der Waals surface area contributed by atoms with E-state index in [1.54, 1.807) is 12.4 Å². The van der Waals surface area contributed by atoms with Gasteiger partial charge in [0.05, 0.1) is 24.2 Å². The van der Waals surface area contributed by atoms with Gasteiger partial charge in [0.2, 0.25) is 0 Å². The number of epoxide rings is 1. The first kappa shape index (κ1) is 14.4. The minimum absolute atomic E-state index is 0.0502. The van der Waals surface area contributed by atoms with Gasteiger partial charge in [-0.15, -0.1) is 0 Å². The second kappa shape index (κ2) is 6.14. The van der Waals surface area contributed by atoms with E-state index >= 15 is 0 Å². The number of ether oxygens (including phenoxy) is 2. The lowest BCUT2D eigenvalue weighted by atomic mass is 10.2. The van der Waals surface area contributed by atoms with Crippen LogP contribution in [0.5, 0.6) is 5.75 Å². The Hall–Kier alpha value is -2.18. The topological polar surface area (TPSA) is 52.5 Å². The summed E-state index contributed by atoms with van der Waals surface area (Å²) < 4.78 is 14.0. The number of nitrogens with zero attached hydrogens (tertiary/aromatic N) is 3. The number of hydrogen-bond donors (Lipinski definition) is 0. The molecular weight excluding hydrogens is 358 g/mol. The lowest BCUT2D eigenvalue weighted by molar-refractivity contribution is 0.305. The molecule has 0 aliphatic carbocycles. The molecule has 0 N–H and O–H groups in total. The summed E-state index contributed by atoms with van der Waals surface area (Å²) in [5.41, 5.74) is 2.91. The van der Waals surface area contributed by atoms with Crippen molar-refractivity contribution in [2.24, 2.45) is 0 Å². The number of hydrogen-bond acceptors (Lipinski definition) is 4. The fourth-order valence-electron chi connectivity index (χ4n) is 2.34. The number of benzene rings is 1. The van der Waals surface area contributed by atoms with Gasteiger partial charge < -0.3 is 9.47 Å². The summed E-state index contributed by atoms with van der Waals surface area (Å²) in [6, 6.07) is 13.8. The van der Waals surface area contributed by atoms with Crippen LogP contribution in [0, 0.1) is 0 Å². The van der Waals surface area contributed by atoms with Gasteiger partial charge in [-0.2, -0.15) is 5.10 Å². The van der Waals surface area contributed by atoms with Crippen LogP contribution in [0.3, 0.4) is 0 Å². The Morgan fingerprint density at radius 1 is 1.26 bits per heavy atom. The van der Waals surface area contributed by atoms with E-state index in [0.717, 1.165) is 27.2 Å². The first-order chi connectivity index (χ1) is 11.3. The van der Waals surface area contributed by atoms with E-state index in [1.165, 1.54) is 0 Å². The van der Waals surface area contributed by atoms with Crippen molar-refractivity contribution in [2.45, 2.75) is 12.8 Å². The molecule has 6 heteroatoms. The zero-order chi connectivity index (χ0) is 15.6. The van der Waals surface area contributed by atoms with E-state index < -0.39 is 0 Å². The van der Waals surface area contributed by atoms with Gasteiger partial charge in [-0.1, -0.05) is 28.1 Å². The van der Waals surface area contributed by atoms with Crippen LogP contribution in [-0.2, 0) is 11.3 Å². The molecular formula is C17H14BrN3O2. The fourth-order valence-corrected chi connectivity index (χ4v) is 2.79. The summed E-state index contributed by atoms with van der Waals surface area (Å²) in [5, 5.41) is 4.28. The molecule has 23 heavy (non-hydrogen) atoms. The molecule has 0 spiro atoms. The third-order valence-electron chi connectivity index (χ3n) is 3.55. The second-order valence-electron chi connectivity index (χ2n) is 5.25. The summed E-state index contributed by atoms with van der Waals surface area (Å²) in [5.74, 6) is 0.738. The molecule has 4 rings (SSSR count). The first-order valence-corrected chi connectivity index (χ1v) is 8.08. The van der Waals surface area contributed by atoms with Crippen molar-refractivity contribution in [1.82, 2.24) is 14.8 Å². The number of halogens is 1. The average Bonchev–Trinajstić information content (AvgIpc) is 3.30. The van der Waals surface area contributed by atoms with Gasteiger partial charge in [0.15, 0.2) is 6.23 Å². The Morgan fingerprint density at radius 3 is 2.91 bits per heavy atom. The van der Waals surface area contributed by atoms with E-state index in [1.807, 2.05) is 47.1 Å². The van der Waals surface area contributed by atoms with Crippen molar-refractivity contribution < 1.29 is 9.47 Å². The summed E-state index contributed by atoms with van der Waals surface area (Å²) in [6.07, 6.45) is 3.55. The maximum absolute atomic E-state index is 5.78. The summed E-state index contributed by atoms with van der Waals surface area (Å²) in [7, 11) is 0. The number of aromatic nitrogens is 3. The van der Waals surface area contributed by atoms with Crippen LogP contribution >= 0.6 is 15.9 Å². The maximum Gasteiger partial charge on any atom is 0.174 e. The van der Waals surface area contributed by atoms with Crippen molar-refractivity contribution in [2.75, 3.05) is 6.61 Å². The van der Waals surface area contributed by atoms with Gasteiger partial charge in [-0.3, -0.25) is 4.98 Å². The lowest BCUT2D eigenvalue weighted by Crippen LogP contribution is -2.01. The van der Waals surface area contributed by atoms with Crippen molar-refractivity contribution >= 4 is 15.9 Å². The average molecular weight is 372 g/mol. The van der Waals surface area contributed by atoms with Crippen LogP contribution < -0.4 is 4.74 Å². The third-order valence-corrected chi connectivity index (χ3v) is 4.05. The lowest BCUT2D eigenvalue weighted by Gasteiger charge is -2.08. The molecule has 1 aliphatic heterocycles. The zero-order valence-electron chi connectivity index (χ0n) is 12.2. The molecule has 0 bridgehead atoms. The monoisotopic (exact) mass is 371 g/mol. The molecule has 1 atom stereocenters. The molecule has 0 radical (unpaired) electrons. The van der Waals surface area contributed by atoms with E-state index in [2.05, 4.69) is 26.0 Å². The highest BCUT2D eigenvalue weighted by molar-refractivity contribution is 9.10. The molecule has 1 aromatic carbocycles. The Labute approximate surface area is 142 Å². The number of pyridine rings is 1. The van der Waals surface area contributed by atoms with Crippen LogP contribution in [0.4, 0.5) is 0 Å². The van der Waals surface area contributed by atoms with E-state index in [-0.39, 0.29) is 6.23 Å². The quantitative estimate of drug-likeness (QED) is 0.639. The van der Waals surface area contributed by atoms with Crippen molar-refractivity contribution in [3.8, 4) is 17.1 Å². The molecule has 1 fully saturated rings. The van der Waals surface area contributed by atoms with Gasteiger partial charge in [0.1, 0.15) is 12.4 Å². The molecule has 3 heterocycles. The van der Waals surface area contributed by atoms with E-state index in [9.17, 15) is 0 Å². The van der Waals surface area contributed by atoms with Crippen LogP contribution in [0.25, 0.3) is 11.4 Å². The zero-order valence-corrected chi connectivity index (χ0v) is 13.8. The molecule has 1 aliphatic rings. The van der Waals surface area contributed by atoms with Gasteiger partial charge in [-0.05, 0) is 35.9 Å². The Bertz CT molecular complexity index is 813. The van der Waals surface area contributed by atoms with Crippen LogP contribution in [-0.4, -0.2) is 21.4 Å². The molecule has 0 saturated carbocycles. The Balaban J connectivity index is 1.46. The molecule has 116 valence electrons. The summed E-state index contributed by atoms with van der Waals surface area (Å²) in [6.45, 7) is 1.22. The minimum Gasteiger partial charge on any atom is -0.487 e. The number of rotatable bonds is 5. The Morgan fingerprint density at radius 2 is 2.17 bits per heavy atom. The maximum atomic E-state index is 5.78. The highest BCUT2D eigenvalue weighted by Crippen LogP contribution is 2.29. The standard InChI is InChI=1S/C17H14BrN3O2/c18-13-3-1-2-12(8-13)10-22-14-4-5-15(19-9-14)16-6-7-20-21(16)17-11-23-17/h1-9,17H,10-11H2. The van der Waals surface area contributed by atoms with Crippen LogP contribution in [0.15, 0.2) is 59.3 Å². The predicted molar refractivity (Wildman–Crippen MR) is 88.9 cm³/mol. The van der Waals surface area contributed by atoms with Crippen molar-refractivity contribution in [1.29, 1.82) is 0 Å². The van der Waals surface area contributed by atoms with Gasteiger partial charge >= 0.3 is 0 Å². The normalized spacial score (nSPS) is 16.3. The largest absolute Gasteiger partial charge is 0.487 e. The minimum atomic E-state index is 0.0502. The fraction of sp³-hybridized carbons (Fsp3) is 0.176. The second-order valence-corrected chi connectivity index (χ2v) is 6.16. The van der Waals surface area contributed by atoms with Crippen molar-refractivity contribution in [3.63, 3.8) is 0 Å². The Kier molecular flexibility index (Phi) is 3.85. The van der Waals surface area contributed by atoms with Crippen LogP contribution in [0.2, 0.25) is 0 Å². The van der Waals surface area contributed by atoms with Gasteiger partial charge in [0.25, 0.3) is 0 Å². The summed E-state index contributed by atoms with van der Waals surface area (Å²) in [4.78, 5) is 4.47. The highest BCUT2D eigenvalue weighted by atomic mass is 79.9. The molecule has 1 saturated heterocycles. The van der Waals surface area contributed by atoms with Gasteiger partial charge in [0, 0.05) is 10.7 Å². The van der Waals surface area contributed by atoms with Crippen molar-refractivity contribution in [3.05, 3.63) is 64.9 Å². The van der Waals surface area contributed by atoms with Crippen LogP contribution in [0.1, 0.15) is 11.8 Å². The van der Waals surface area contributed by atoms with Gasteiger partial charge in [-0.25, -0.2) is 4.68 Å². The van der Waals surface area contributed by atoms with E-state index in [4.69, 9.17) is 9.47 Å². The van der Waals surface area contributed by atoms with E-state index in [0.29, 0.717) is 13.2 Å². The highest BCUT2D eigenvalue weighted by Gasteiger charge is 2.28. The smallest absolute Gasteiger partial charge is 0.174 e. The molecule has 1 unspecified atom stereocenters. The summed E-state index contributed by atoms with van der Waals surface area (Å²) >= 11 is 3.46.